The Morgan fingerprint density at radius 2 is 1.81 bits per heavy atom. The second kappa shape index (κ2) is 6.66. The zero-order valence-corrected chi connectivity index (χ0v) is 13.1. The van der Waals surface area contributed by atoms with Gasteiger partial charge >= 0.3 is 0 Å². The summed E-state index contributed by atoms with van der Waals surface area (Å²) in [4.78, 5) is 12.5. The Hall–Kier alpha value is -0.610. The van der Waals surface area contributed by atoms with Gasteiger partial charge in [-0.15, -0.1) is 0 Å². The maximum Gasteiger partial charge on any atom is 0.223 e. The number of hydrogen-bond donors (Lipinski definition) is 2. The number of hydrogen-bond acceptors (Lipinski definition) is 3. The molecule has 3 N–H and O–H groups in total. The third kappa shape index (κ3) is 3.42. The first-order valence-electron chi connectivity index (χ1n) is 8.81. The van der Waals surface area contributed by atoms with Crippen molar-refractivity contribution in [3.8, 4) is 0 Å². The van der Waals surface area contributed by atoms with Crippen molar-refractivity contribution in [2.45, 2.75) is 63.8 Å². The highest BCUT2D eigenvalue weighted by Crippen LogP contribution is 2.44. The quantitative estimate of drug-likeness (QED) is 0.839. The van der Waals surface area contributed by atoms with Gasteiger partial charge in [0.25, 0.3) is 0 Å². The van der Waals surface area contributed by atoms with Crippen LogP contribution in [-0.4, -0.2) is 31.7 Å². The predicted octanol–water partition coefficient (Wildman–Crippen LogP) is 2.22. The van der Waals surface area contributed by atoms with E-state index in [0.717, 1.165) is 45.3 Å². The fourth-order valence-corrected chi connectivity index (χ4v) is 4.65. The van der Waals surface area contributed by atoms with Crippen LogP contribution < -0.4 is 11.1 Å². The molecule has 4 heteroatoms. The minimum Gasteiger partial charge on any atom is -0.381 e. The summed E-state index contributed by atoms with van der Waals surface area (Å²) in [5.74, 6) is 0.861. The first kappa shape index (κ1) is 15.3. The lowest BCUT2D eigenvalue weighted by Crippen LogP contribution is -2.45. The molecule has 1 saturated heterocycles. The zero-order chi connectivity index (χ0) is 14.7. The number of carbonyl (C=O) groups is 1. The van der Waals surface area contributed by atoms with Gasteiger partial charge in [-0.1, -0.05) is 6.42 Å². The highest BCUT2D eigenvalue weighted by atomic mass is 16.5. The van der Waals surface area contributed by atoms with Crippen LogP contribution in [0.3, 0.4) is 0 Å². The zero-order valence-electron chi connectivity index (χ0n) is 13.1. The van der Waals surface area contributed by atoms with Gasteiger partial charge < -0.3 is 15.8 Å². The molecule has 0 radical (unpaired) electrons. The molecule has 0 aromatic heterocycles. The summed E-state index contributed by atoms with van der Waals surface area (Å²) in [7, 11) is 0. The summed E-state index contributed by atoms with van der Waals surface area (Å²) in [6.07, 6.45) is 10.5. The number of nitrogens with two attached hydrogens (primary N) is 1. The van der Waals surface area contributed by atoms with Gasteiger partial charge in [0, 0.05) is 25.2 Å². The molecule has 0 aromatic rings. The van der Waals surface area contributed by atoms with Crippen LogP contribution >= 0.6 is 0 Å². The van der Waals surface area contributed by atoms with Crippen LogP contribution in [-0.2, 0) is 9.53 Å². The van der Waals surface area contributed by atoms with E-state index in [1.807, 2.05) is 0 Å². The van der Waals surface area contributed by atoms with Gasteiger partial charge in [-0.25, -0.2) is 0 Å². The third-order valence-corrected chi connectivity index (χ3v) is 6.24. The highest BCUT2D eigenvalue weighted by molar-refractivity contribution is 5.79. The van der Waals surface area contributed by atoms with Crippen molar-refractivity contribution in [2.24, 2.45) is 23.0 Å². The highest BCUT2D eigenvalue weighted by Gasteiger charge is 2.38. The van der Waals surface area contributed by atoms with E-state index >= 15 is 0 Å². The summed E-state index contributed by atoms with van der Waals surface area (Å²) in [5.41, 5.74) is 6.32. The van der Waals surface area contributed by atoms with Crippen LogP contribution in [0, 0.1) is 17.3 Å². The van der Waals surface area contributed by atoms with Crippen LogP contribution in [0.5, 0.6) is 0 Å². The standard InChI is InChI=1S/C17H30N2O2/c18-12-13-2-1-3-15(13)16(20)19-14-4-6-17(7-5-14)8-10-21-11-9-17/h13-15H,1-12,18H2,(H,19,20)/t13-,15-/m1/s1. The molecule has 3 fully saturated rings. The lowest BCUT2D eigenvalue weighted by atomic mass is 9.68. The molecule has 0 bridgehead atoms. The van der Waals surface area contributed by atoms with Crippen molar-refractivity contribution in [2.75, 3.05) is 19.8 Å². The topological polar surface area (TPSA) is 64.4 Å². The van der Waals surface area contributed by atoms with Gasteiger partial charge in [0.2, 0.25) is 5.91 Å². The molecule has 3 rings (SSSR count). The van der Waals surface area contributed by atoms with Crippen LogP contribution in [0.1, 0.15) is 57.8 Å². The van der Waals surface area contributed by atoms with Crippen molar-refractivity contribution in [1.29, 1.82) is 0 Å². The van der Waals surface area contributed by atoms with Crippen molar-refractivity contribution < 1.29 is 9.53 Å². The Morgan fingerprint density at radius 3 is 2.48 bits per heavy atom. The molecule has 2 atom stereocenters. The monoisotopic (exact) mass is 294 g/mol. The van der Waals surface area contributed by atoms with E-state index in [1.54, 1.807) is 0 Å². The van der Waals surface area contributed by atoms with E-state index in [0.29, 0.717) is 23.9 Å². The Bertz CT molecular complexity index is 356. The van der Waals surface area contributed by atoms with Crippen molar-refractivity contribution in [3.63, 3.8) is 0 Å². The molecule has 1 aliphatic heterocycles. The minimum atomic E-state index is 0.175. The second-order valence-corrected chi connectivity index (χ2v) is 7.43. The van der Waals surface area contributed by atoms with Crippen LogP contribution in [0.4, 0.5) is 0 Å². The van der Waals surface area contributed by atoms with Gasteiger partial charge in [-0.2, -0.15) is 0 Å². The molecule has 2 aliphatic carbocycles. The summed E-state index contributed by atoms with van der Waals surface area (Å²) in [6, 6.07) is 0.394. The normalized spacial score (nSPS) is 33.2. The molecule has 1 amide bonds. The van der Waals surface area contributed by atoms with Gasteiger partial charge in [0.1, 0.15) is 0 Å². The van der Waals surface area contributed by atoms with Crippen molar-refractivity contribution in [3.05, 3.63) is 0 Å². The number of nitrogens with one attached hydrogen (secondary N) is 1. The Kier molecular flexibility index (Phi) is 4.85. The van der Waals surface area contributed by atoms with E-state index in [4.69, 9.17) is 10.5 Å². The molecule has 0 aromatic carbocycles. The smallest absolute Gasteiger partial charge is 0.223 e. The number of amides is 1. The maximum absolute atomic E-state index is 12.5. The molecule has 0 unspecified atom stereocenters. The first-order valence-corrected chi connectivity index (χ1v) is 8.81. The van der Waals surface area contributed by atoms with Crippen LogP contribution in [0.15, 0.2) is 0 Å². The molecule has 4 nitrogen and oxygen atoms in total. The predicted molar refractivity (Wildman–Crippen MR) is 82.8 cm³/mol. The lowest BCUT2D eigenvalue weighted by molar-refractivity contribution is -0.127. The number of carbonyl (C=O) groups excluding carboxylic acids is 1. The van der Waals surface area contributed by atoms with Crippen LogP contribution in [0.2, 0.25) is 0 Å². The Morgan fingerprint density at radius 1 is 1.10 bits per heavy atom. The molecule has 3 aliphatic rings. The summed E-state index contributed by atoms with van der Waals surface area (Å²) in [5, 5.41) is 3.32. The molecule has 1 heterocycles. The molecule has 120 valence electrons. The summed E-state index contributed by atoms with van der Waals surface area (Å²) in [6.45, 7) is 2.51. The van der Waals surface area contributed by atoms with E-state index in [-0.39, 0.29) is 11.8 Å². The van der Waals surface area contributed by atoms with E-state index < -0.39 is 0 Å². The molecule has 1 spiro atoms. The Balaban J connectivity index is 1.47. The third-order valence-electron chi connectivity index (χ3n) is 6.24. The van der Waals surface area contributed by atoms with E-state index in [9.17, 15) is 4.79 Å². The molecule has 2 saturated carbocycles. The Labute approximate surface area is 128 Å². The average molecular weight is 294 g/mol. The fourth-order valence-electron chi connectivity index (χ4n) is 4.65. The van der Waals surface area contributed by atoms with Gasteiger partial charge in [-0.3, -0.25) is 4.79 Å². The van der Waals surface area contributed by atoms with Gasteiger partial charge in [-0.05, 0) is 69.2 Å². The first-order chi connectivity index (χ1) is 10.2. The lowest BCUT2D eigenvalue weighted by Gasteiger charge is -2.43. The van der Waals surface area contributed by atoms with Gasteiger partial charge in [0.15, 0.2) is 0 Å². The largest absolute Gasteiger partial charge is 0.381 e. The summed E-state index contributed by atoms with van der Waals surface area (Å²) >= 11 is 0. The molecular formula is C17H30N2O2. The van der Waals surface area contributed by atoms with E-state index in [1.165, 1.54) is 25.7 Å². The molecule has 21 heavy (non-hydrogen) atoms. The number of rotatable bonds is 3. The number of ether oxygens (including phenoxy) is 1. The van der Waals surface area contributed by atoms with Gasteiger partial charge in [0.05, 0.1) is 0 Å². The molecular weight excluding hydrogens is 264 g/mol. The van der Waals surface area contributed by atoms with Crippen molar-refractivity contribution >= 4 is 5.91 Å². The summed E-state index contributed by atoms with van der Waals surface area (Å²) < 4.78 is 5.50. The fraction of sp³-hybridized carbons (Fsp3) is 0.941. The minimum absolute atomic E-state index is 0.175. The van der Waals surface area contributed by atoms with Crippen LogP contribution in [0.25, 0.3) is 0 Å². The second-order valence-electron chi connectivity index (χ2n) is 7.43. The average Bonchev–Trinajstić information content (AvgIpc) is 2.99. The SMILES string of the molecule is NC[C@H]1CCC[C@H]1C(=O)NC1CCC2(CCOCC2)CC1. The van der Waals surface area contributed by atoms with Crippen molar-refractivity contribution in [1.82, 2.24) is 5.32 Å². The van der Waals surface area contributed by atoms with E-state index in [2.05, 4.69) is 5.32 Å². The maximum atomic E-state index is 12.5.